The molecule has 1 saturated carbocycles. The lowest BCUT2D eigenvalue weighted by molar-refractivity contribution is -0.117. The van der Waals surface area contributed by atoms with Gasteiger partial charge in [0.15, 0.2) is 5.82 Å². The summed E-state index contributed by atoms with van der Waals surface area (Å²) in [5.74, 6) is 0.994. The fraction of sp³-hybridized carbons (Fsp3) is 0.389. The summed E-state index contributed by atoms with van der Waals surface area (Å²) < 4.78 is 1.76. The fourth-order valence-corrected chi connectivity index (χ4v) is 2.85. The first-order chi connectivity index (χ1) is 11.2. The van der Waals surface area contributed by atoms with Gasteiger partial charge in [-0.15, -0.1) is 0 Å². The molecule has 0 radical (unpaired) electrons. The van der Waals surface area contributed by atoms with Gasteiger partial charge in [0, 0.05) is 31.1 Å². The van der Waals surface area contributed by atoms with E-state index in [0.717, 1.165) is 12.8 Å². The van der Waals surface area contributed by atoms with Crippen LogP contribution in [0.2, 0.25) is 0 Å². The van der Waals surface area contributed by atoms with Crippen molar-refractivity contribution in [2.75, 3.05) is 5.32 Å². The summed E-state index contributed by atoms with van der Waals surface area (Å²) in [5.41, 5.74) is 2.47. The van der Waals surface area contributed by atoms with Crippen LogP contribution in [0.4, 0.5) is 5.82 Å². The molecule has 1 aromatic heterocycles. The van der Waals surface area contributed by atoms with Crippen LogP contribution in [0.3, 0.4) is 0 Å². The van der Waals surface area contributed by atoms with Crippen LogP contribution in [-0.4, -0.2) is 15.7 Å². The summed E-state index contributed by atoms with van der Waals surface area (Å²) in [6.07, 6.45) is 4.02. The van der Waals surface area contributed by atoms with Gasteiger partial charge in [0.1, 0.15) is 0 Å². The minimum absolute atomic E-state index is 0.0405. The van der Waals surface area contributed by atoms with Crippen LogP contribution in [0, 0.1) is 24.2 Å². The Labute approximate surface area is 135 Å². The molecule has 1 heterocycles. The number of hydrogen-bond donors (Lipinski definition) is 1. The number of carbonyl (C=O) groups excluding carboxylic acids is 1. The third-order valence-corrected chi connectivity index (χ3v) is 4.17. The molecule has 0 aliphatic heterocycles. The average Bonchev–Trinajstić information content (AvgIpc) is 3.23. The zero-order chi connectivity index (χ0) is 16.2. The van der Waals surface area contributed by atoms with E-state index in [1.807, 2.05) is 12.3 Å². The average molecular weight is 308 g/mol. The summed E-state index contributed by atoms with van der Waals surface area (Å²) in [5, 5.41) is 15.7. The second-order valence-electron chi connectivity index (χ2n) is 6.08. The summed E-state index contributed by atoms with van der Waals surface area (Å²) in [6.45, 7) is 2.76. The SMILES string of the molecule is Cc1cccc([C@@H]2C[C@H]2C(=O)Nc2ccn(CCCC#N)n2)c1. The maximum Gasteiger partial charge on any atom is 0.229 e. The Bertz CT molecular complexity index is 743. The quantitative estimate of drug-likeness (QED) is 0.833. The van der Waals surface area contributed by atoms with Crippen molar-refractivity contribution in [3.05, 3.63) is 47.7 Å². The van der Waals surface area contributed by atoms with Crippen molar-refractivity contribution in [3.8, 4) is 6.07 Å². The fourth-order valence-electron chi connectivity index (χ4n) is 2.85. The first kappa shape index (κ1) is 15.3. The van der Waals surface area contributed by atoms with E-state index in [9.17, 15) is 4.79 Å². The Morgan fingerprint density at radius 1 is 1.48 bits per heavy atom. The van der Waals surface area contributed by atoms with Crippen LogP contribution >= 0.6 is 0 Å². The van der Waals surface area contributed by atoms with Crippen molar-refractivity contribution in [3.63, 3.8) is 0 Å². The lowest BCUT2D eigenvalue weighted by Gasteiger charge is -2.03. The third kappa shape index (κ3) is 3.78. The first-order valence-electron chi connectivity index (χ1n) is 7.95. The highest BCUT2D eigenvalue weighted by atomic mass is 16.2. The van der Waals surface area contributed by atoms with Crippen molar-refractivity contribution < 1.29 is 4.79 Å². The lowest BCUT2D eigenvalue weighted by atomic mass is 10.1. The van der Waals surface area contributed by atoms with Crippen molar-refractivity contribution in [1.29, 1.82) is 5.26 Å². The molecule has 1 aliphatic rings. The number of amides is 1. The standard InChI is InChI=1S/C18H20N4O/c1-13-5-4-6-14(11-13)15-12-16(15)18(23)20-17-7-10-22(21-17)9-3-2-8-19/h4-7,10-11,15-16H,2-3,9,12H2,1H3,(H,20,21,23)/t15-,16+/m0/s1. The number of benzene rings is 1. The van der Waals surface area contributed by atoms with Crippen LogP contribution in [0.1, 0.15) is 36.3 Å². The smallest absolute Gasteiger partial charge is 0.229 e. The summed E-state index contributed by atoms with van der Waals surface area (Å²) in [6, 6.07) is 12.3. The molecule has 1 fully saturated rings. The van der Waals surface area contributed by atoms with Crippen LogP contribution < -0.4 is 5.32 Å². The molecule has 1 N–H and O–H groups in total. The van der Waals surface area contributed by atoms with Gasteiger partial charge < -0.3 is 5.32 Å². The number of nitrogens with one attached hydrogen (secondary N) is 1. The van der Waals surface area contributed by atoms with Gasteiger partial charge in [-0.2, -0.15) is 10.4 Å². The van der Waals surface area contributed by atoms with E-state index in [2.05, 4.69) is 41.6 Å². The second kappa shape index (κ2) is 6.66. The van der Waals surface area contributed by atoms with E-state index in [-0.39, 0.29) is 11.8 Å². The second-order valence-corrected chi connectivity index (χ2v) is 6.08. The molecule has 0 saturated heterocycles. The van der Waals surface area contributed by atoms with Gasteiger partial charge in [0.2, 0.25) is 5.91 Å². The molecular weight excluding hydrogens is 288 g/mol. The number of unbranched alkanes of at least 4 members (excludes halogenated alkanes) is 1. The van der Waals surface area contributed by atoms with Gasteiger partial charge in [-0.05, 0) is 31.2 Å². The number of carbonyl (C=O) groups is 1. The molecule has 1 amide bonds. The number of nitrogens with zero attached hydrogens (tertiary/aromatic N) is 3. The van der Waals surface area contributed by atoms with E-state index in [4.69, 9.17) is 5.26 Å². The highest BCUT2D eigenvalue weighted by Crippen LogP contribution is 2.48. The van der Waals surface area contributed by atoms with Gasteiger partial charge >= 0.3 is 0 Å². The van der Waals surface area contributed by atoms with Crippen molar-refractivity contribution >= 4 is 11.7 Å². The highest BCUT2D eigenvalue weighted by Gasteiger charge is 2.44. The highest BCUT2D eigenvalue weighted by molar-refractivity contribution is 5.94. The van der Waals surface area contributed by atoms with E-state index in [1.54, 1.807) is 10.7 Å². The molecule has 118 valence electrons. The molecule has 0 unspecified atom stereocenters. The summed E-state index contributed by atoms with van der Waals surface area (Å²) in [7, 11) is 0. The monoisotopic (exact) mass is 308 g/mol. The van der Waals surface area contributed by atoms with Crippen LogP contribution in [0.25, 0.3) is 0 Å². The molecule has 5 nitrogen and oxygen atoms in total. The van der Waals surface area contributed by atoms with Gasteiger partial charge in [0.25, 0.3) is 0 Å². The first-order valence-corrected chi connectivity index (χ1v) is 7.95. The topological polar surface area (TPSA) is 70.7 Å². The number of anilines is 1. The molecule has 1 aliphatic carbocycles. The molecular formula is C18H20N4O. The molecule has 23 heavy (non-hydrogen) atoms. The van der Waals surface area contributed by atoms with Crippen molar-refractivity contribution in [1.82, 2.24) is 9.78 Å². The number of aryl methyl sites for hydroxylation is 2. The Kier molecular flexibility index (Phi) is 4.42. The zero-order valence-corrected chi connectivity index (χ0v) is 13.2. The van der Waals surface area contributed by atoms with Crippen molar-refractivity contribution in [2.45, 2.75) is 38.6 Å². The molecule has 2 aromatic rings. The van der Waals surface area contributed by atoms with Crippen LogP contribution in [0.15, 0.2) is 36.5 Å². The van der Waals surface area contributed by atoms with E-state index in [0.29, 0.717) is 24.7 Å². The van der Waals surface area contributed by atoms with E-state index in [1.165, 1.54) is 11.1 Å². The van der Waals surface area contributed by atoms with Gasteiger partial charge in [-0.25, -0.2) is 0 Å². The third-order valence-electron chi connectivity index (χ3n) is 4.17. The molecule has 2 atom stereocenters. The normalized spacial score (nSPS) is 19.1. The number of rotatable bonds is 6. The van der Waals surface area contributed by atoms with Gasteiger partial charge in [-0.3, -0.25) is 9.48 Å². The Morgan fingerprint density at radius 2 is 2.35 bits per heavy atom. The molecule has 5 heteroatoms. The molecule has 3 rings (SSSR count). The van der Waals surface area contributed by atoms with E-state index < -0.39 is 0 Å². The Hall–Kier alpha value is -2.61. The zero-order valence-electron chi connectivity index (χ0n) is 13.2. The predicted octanol–water partition coefficient (Wildman–Crippen LogP) is 3.24. The summed E-state index contributed by atoms with van der Waals surface area (Å²) in [4.78, 5) is 12.3. The lowest BCUT2D eigenvalue weighted by Crippen LogP contribution is -2.15. The Morgan fingerprint density at radius 3 is 3.13 bits per heavy atom. The van der Waals surface area contributed by atoms with Gasteiger partial charge in [-0.1, -0.05) is 29.8 Å². The van der Waals surface area contributed by atoms with E-state index >= 15 is 0 Å². The molecule has 0 bridgehead atoms. The Balaban J connectivity index is 1.53. The van der Waals surface area contributed by atoms with Crippen LogP contribution in [0.5, 0.6) is 0 Å². The number of nitriles is 1. The van der Waals surface area contributed by atoms with Crippen LogP contribution in [-0.2, 0) is 11.3 Å². The summed E-state index contributed by atoms with van der Waals surface area (Å²) >= 11 is 0. The molecule has 0 spiro atoms. The maximum absolute atomic E-state index is 12.3. The van der Waals surface area contributed by atoms with Crippen molar-refractivity contribution in [2.24, 2.45) is 5.92 Å². The van der Waals surface area contributed by atoms with Gasteiger partial charge in [0.05, 0.1) is 6.07 Å². The largest absolute Gasteiger partial charge is 0.309 e. The number of hydrogen-bond acceptors (Lipinski definition) is 3. The minimum Gasteiger partial charge on any atom is -0.309 e. The minimum atomic E-state index is 0.0405. The molecule has 1 aromatic carbocycles. The maximum atomic E-state index is 12.3. The number of aromatic nitrogens is 2. The predicted molar refractivity (Wildman–Crippen MR) is 87.7 cm³/mol.